The van der Waals surface area contributed by atoms with E-state index in [9.17, 15) is 5.11 Å². The molecule has 4 aromatic rings. The number of hydrogen-bond donors (Lipinski definition) is 1. The van der Waals surface area contributed by atoms with Gasteiger partial charge in [-0.1, -0.05) is 6.07 Å². The molecular weight excluding hydrogens is 376 g/mol. The third-order valence-corrected chi connectivity index (χ3v) is 5.34. The fourth-order valence-corrected chi connectivity index (χ4v) is 3.35. The Morgan fingerprint density at radius 1 is 1.03 bits per heavy atom. The van der Waals surface area contributed by atoms with Gasteiger partial charge in [-0.3, -0.25) is 0 Å². The molecule has 5 nitrogen and oxygen atoms in total. The summed E-state index contributed by atoms with van der Waals surface area (Å²) in [5.74, 6) is 3.09. The summed E-state index contributed by atoms with van der Waals surface area (Å²) in [6.45, 7) is 2.54. The Morgan fingerprint density at radius 2 is 1.83 bits per heavy atom. The number of rotatable bonds is 7. The molecule has 2 heterocycles. The standard InChI is InChI=1S/C25H24N2O3/c1-17(28)20-11-12-27-15-24(26-25(27)13-20)19-7-9-21(10-8-19)30-23-4-2-3-22(14-23)29-16-18-5-6-18/h2-4,7-15,17-18,28H,5-6,16H2,1H3. The number of hydrogen-bond acceptors (Lipinski definition) is 4. The first-order valence-corrected chi connectivity index (χ1v) is 10.3. The van der Waals surface area contributed by atoms with Gasteiger partial charge in [-0.25, -0.2) is 4.98 Å². The maximum Gasteiger partial charge on any atom is 0.137 e. The summed E-state index contributed by atoms with van der Waals surface area (Å²) in [4.78, 5) is 4.69. The van der Waals surface area contributed by atoms with Gasteiger partial charge in [0, 0.05) is 24.0 Å². The van der Waals surface area contributed by atoms with Gasteiger partial charge in [-0.05, 0) is 79.8 Å². The van der Waals surface area contributed by atoms with E-state index in [-0.39, 0.29) is 0 Å². The van der Waals surface area contributed by atoms with Crippen molar-refractivity contribution >= 4 is 5.65 Å². The van der Waals surface area contributed by atoms with Gasteiger partial charge in [-0.2, -0.15) is 0 Å². The Hall–Kier alpha value is -3.31. The number of aromatic nitrogens is 2. The molecule has 0 amide bonds. The van der Waals surface area contributed by atoms with Crippen LogP contribution >= 0.6 is 0 Å². The lowest BCUT2D eigenvalue weighted by Gasteiger charge is -2.09. The molecule has 1 N–H and O–H groups in total. The average molecular weight is 400 g/mol. The van der Waals surface area contributed by atoms with Gasteiger partial charge >= 0.3 is 0 Å². The minimum atomic E-state index is -0.510. The zero-order valence-electron chi connectivity index (χ0n) is 16.9. The van der Waals surface area contributed by atoms with Gasteiger partial charge in [0.2, 0.25) is 0 Å². The van der Waals surface area contributed by atoms with E-state index in [1.54, 1.807) is 6.92 Å². The van der Waals surface area contributed by atoms with Crippen molar-refractivity contribution in [3.63, 3.8) is 0 Å². The Kier molecular flexibility index (Phi) is 4.89. The largest absolute Gasteiger partial charge is 0.493 e. The van der Waals surface area contributed by atoms with Crippen molar-refractivity contribution in [2.75, 3.05) is 6.61 Å². The van der Waals surface area contributed by atoms with Crippen LogP contribution in [0, 0.1) is 5.92 Å². The van der Waals surface area contributed by atoms with E-state index in [1.165, 1.54) is 12.8 Å². The molecule has 0 spiro atoms. The Labute approximate surface area is 175 Å². The molecule has 152 valence electrons. The van der Waals surface area contributed by atoms with Crippen molar-refractivity contribution < 1.29 is 14.6 Å². The zero-order chi connectivity index (χ0) is 20.5. The number of benzene rings is 2. The van der Waals surface area contributed by atoms with Crippen LogP contribution in [0.15, 0.2) is 73.1 Å². The molecule has 30 heavy (non-hydrogen) atoms. The van der Waals surface area contributed by atoms with Gasteiger partial charge in [0.05, 0.1) is 18.4 Å². The molecule has 0 aliphatic heterocycles. The third-order valence-electron chi connectivity index (χ3n) is 5.34. The van der Waals surface area contributed by atoms with Crippen LogP contribution in [-0.2, 0) is 0 Å². The summed E-state index contributed by atoms with van der Waals surface area (Å²) in [5.41, 5.74) is 3.55. The van der Waals surface area contributed by atoms with Crippen molar-refractivity contribution in [3.05, 3.63) is 78.6 Å². The van der Waals surface area contributed by atoms with Gasteiger partial charge < -0.3 is 19.0 Å². The van der Waals surface area contributed by atoms with Crippen LogP contribution in [0.5, 0.6) is 17.2 Å². The van der Waals surface area contributed by atoms with Crippen molar-refractivity contribution in [1.82, 2.24) is 9.38 Å². The molecule has 1 atom stereocenters. The molecule has 1 unspecified atom stereocenters. The molecule has 1 fully saturated rings. The molecule has 2 aromatic heterocycles. The van der Waals surface area contributed by atoms with Crippen molar-refractivity contribution in [2.45, 2.75) is 25.9 Å². The highest BCUT2D eigenvalue weighted by atomic mass is 16.5. The number of aliphatic hydroxyl groups is 1. The van der Waals surface area contributed by atoms with Crippen LogP contribution in [0.25, 0.3) is 16.9 Å². The number of nitrogens with zero attached hydrogens (tertiary/aromatic N) is 2. The molecule has 0 radical (unpaired) electrons. The van der Waals surface area contributed by atoms with E-state index in [2.05, 4.69) is 4.98 Å². The smallest absolute Gasteiger partial charge is 0.137 e. The lowest BCUT2D eigenvalue weighted by molar-refractivity contribution is 0.199. The second-order valence-electron chi connectivity index (χ2n) is 7.88. The third kappa shape index (κ3) is 4.16. The highest BCUT2D eigenvalue weighted by Gasteiger charge is 2.21. The fourth-order valence-electron chi connectivity index (χ4n) is 3.35. The lowest BCUT2D eigenvalue weighted by Crippen LogP contribution is -1.98. The predicted octanol–water partition coefficient (Wildman–Crippen LogP) is 5.64. The Morgan fingerprint density at radius 3 is 2.60 bits per heavy atom. The summed E-state index contributed by atoms with van der Waals surface area (Å²) >= 11 is 0. The molecule has 1 aliphatic rings. The van der Waals surface area contributed by atoms with Gasteiger partial charge in [0.15, 0.2) is 0 Å². The Balaban J connectivity index is 1.30. The quantitative estimate of drug-likeness (QED) is 0.436. The van der Waals surface area contributed by atoms with Gasteiger partial charge in [-0.15, -0.1) is 0 Å². The molecule has 0 bridgehead atoms. The van der Waals surface area contributed by atoms with E-state index in [1.807, 2.05) is 77.5 Å². The second-order valence-corrected chi connectivity index (χ2v) is 7.88. The molecular formula is C25H24N2O3. The highest BCUT2D eigenvalue weighted by Crippen LogP contribution is 2.31. The maximum atomic E-state index is 9.77. The number of ether oxygens (including phenoxy) is 2. The molecule has 0 saturated heterocycles. The van der Waals surface area contributed by atoms with Crippen molar-refractivity contribution in [2.24, 2.45) is 5.92 Å². The van der Waals surface area contributed by atoms with Crippen molar-refractivity contribution in [1.29, 1.82) is 0 Å². The van der Waals surface area contributed by atoms with E-state index >= 15 is 0 Å². The van der Waals surface area contributed by atoms with E-state index in [0.29, 0.717) is 0 Å². The minimum Gasteiger partial charge on any atom is -0.493 e. The van der Waals surface area contributed by atoms with Crippen LogP contribution in [0.3, 0.4) is 0 Å². The summed E-state index contributed by atoms with van der Waals surface area (Å²) in [7, 11) is 0. The van der Waals surface area contributed by atoms with Crippen LogP contribution in [0.1, 0.15) is 31.4 Å². The maximum absolute atomic E-state index is 9.77. The fraction of sp³-hybridized carbons (Fsp3) is 0.240. The first-order valence-electron chi connectivity index (χ1n) is 10.3. The number of fused-ring (bicyclic) bond motifs is 1. The summed E-state index contributed by atoms with van der Waals surface area (Å²) < 4.78 is 13.8. The van der Waals surface area contributed by atoms with Gasteiger partial charge in [0.1, 0.15) is 22.9 Å². The van der Waals surface area contributed by atoms with E-state index < -0.39 is 6.10 Å². The molecule has 1 saturated carbocycles. The van der Waals surface area contributed by atoms with Crippen molar-refractivity contribution in [3.8, 4) is 28.5 Å². The molecule has 2 aromatic carbocycles. The molecule has 1 aliphatic carbocycles. The summed E-state index contributed by atoms with van der Waals surface area (Å²) in [5, 5.41) is 9.77. The SMILES string of the molecule is CC(O)c1ccn2cc(-c3ccc(Oc4cccc(OCC5CC5)c4)cc3)nc2c1. The number of aliphatic hydroxyl groups excluding tert-OH is 1. The highest BCUT2D eigenvalue weighted by molar-refractivity contribution is 5.63. The molecule has 5 heteroatoms. The van der Waals surface area contributed by atoms with Crippen LogP contribution in [-0.4, -0.2) is 21.1 Å². The molecule has 5 rings (SSSR count). The second kappa shape index (κ2) is 7.84. The number of imidazole rings is 1. The zero-order valence-corrected chi connectivity index (χ0v) is 16.9. The minimum absolute atomic E-state index is 0.510. The topological polar surface area (TPSA) is 56.0 Å². The Bertz CT molecular complexity index is 1160. The lowest BCUT2D eigenvalue weighted by atomic mass is 10.1. The summed E-state index contributed by atoms with van der Waals surface area (Å²) in [6.07, 6.45) is 5.94. The van der Waals surface area contributed by atoms with Crippen LogP contribution < -0.4 is 9.47 Å². The predicted molar refractivity (Wildman–Crippen MR) is 116 cm³/mol. The number of pyridine rings is 1. The summed E-state index contributed by atoms with van der Waals surface area (Å²) in [6, 6.07) is 19.5. The van der Waals surface area contributed by atoms with E-state index in [4.69, 9.17) is 9.47 Å². The van der Waals surface area contributed by atoms with Crippen LogP contribution in [0.2, 0.25) is 0 Å². The van der Waals surface area contributed by atoms with E-state index in [0.717, 1.165) is 52.2 Å². The van der Waals surface area contributed by atoms with Crippen LogP contribution in [0.4, 0.5) is 0 Å². The first-order chi connectivity index (χ1) is 14.6. The average Bonchev–Trinajstić information content (AvgIpc) is 3.49. The first kappa shape index (κ1) is 18.7. The van der Waals surface area contributed by atoms with Gasteiger partial charge in [0.25, 0.3) is 0 Å². The normalized spacial score (nSPS) is 14.6. The monoisotopic (exact) mass is 400 g/mol.